The summed E-state index contributed by atoms with van der Waals surface area (Å²) in [6.07, 6.45) is 14.8. The molecule has 0 radical (unpaired) electrons. The summed E-state index contributed by atoms with van der Waals surface area (Å²) < 4.78 is 4.87. The number of hydrogen-bond donors (Lipinski definition) is 0. The smallest absolute Gasteiger partial charge is 0.308 e. The second-order valence-corrected chi connectivity index (χ2v) is 6.78. The van der Waals surface area contributed by atoms with Crippen LogP contribution in [0.5, 0.6) is 0 Å². The van der Waals surface area contributed by atoms with Crippen LogP contribution in [-0.4, -0.2) is 13.1 Å². The fourth-order valence-corrected chi connectivity index (χ4v) is 4.29. The van der Waals surface area contributed by atoms with Gasteiger partial charge in [-0.25, -0.2) is 0 Å². The SMILES string of the molecule is C=CCC[C@H]1CC[C@H]([C@H]2CC[C@H](C(=O)OC)CC2)CC1. The highest BCUT2D eigenvalue weighted by atomic mass is 16.5. The van der Waals surface area contributed by atoms with E-state index in [2.05, 4.69) is 12.7 Å². The number of allylic oxidation sites excluding steroid dienone is 1. The second kappa shape index (κ2) is 7.85. The quantitative estimate of drug-likeness (QED) is 0.536. The number of carbonyl (C=O) groups excluding carboxylic acids is 1. The van der Waals surface area contributed by atoms with Gasteiger partial charge in [0.25, 0.3) is 0 Å². The van der Waals surface area contributed by atoms with Crippen molar-refractivity contribution < 1.29 is 9.53 Å². The molecule has 0 N–H and O–H groups in total. The van der Waals surface area contributed by atoms with E-state index >= 15 is 0 Å². The summed E-state index contributed by atoms with van der Waals surface area (Å²) in [7, 11) is 1.51. The van der Waals surface area contributed by atoms with Crippen molar-refractivity contribution in [3.05, 3.63) is 12.7 Å². The first-order chi connectivity index (χ1) is 9.74. The molecule has 0 aromatic rings. The van der Waals surface area contributed by atoms with Crippen LogP contribution in [0, 0.1) is 23.7 Å². The van der Waals surface area contributed by atoms with Gasteiger partial charge in [0.05, 0.1) is 13.0 Å². The highest BCUT2D eigenvalue weighted by molar-refractivity contribution is 5.72. The summed E-state index contributed by atoms with van der Waals surface area (Å²) in [6.45, 7) is 3.82. The Kier molecular flexibility index (Phi) is 6.12. The van der Waals surface area contributed by atoms with Crippen LogP contribution in [0.15, 0.2) is 12.7 Å². The van der Waals surface area contributed by atoms with Crippen LogP contribution in [0.3, 0.4) is 0 Å². The molecule has 0 amide bonds. The lowest BCUT2D eigenvalue weighted by atomic mass is 9.69. The number of esters is 1. The Morgan fingerprint density at radius 3 is 2.10 bits per heavy atom. The Balaban J connectivity index is 1.70. The van der Waals surface area contributed by atoms with Crippen molar-refractivity contribution in [3.8, 4) is 0 Å². The molecule has 2 aliphatic rings. The van der Waals surface area contributed by atoms with Crippen LogP contribution in [0.2, 0.25) is 0 Å². The van der Waals surface area contributed by atoms with Gasteiger partial charge in [-0.05, 0) is 69.1 Å². The van der Waals surface area contributed by atoms with E-state index in [1.807, 2.05) is 0 Å². The Labute approximate surface area is 124 Å². The van der Waals surface area contributed by atoms with Crippen LogP contribution in [0.25, 0.3) is 0 Å². The summed E-state index contributed by atoms with van der Waals surface area (Å²) in [5.41, 5.74) is 0. The summed E-state index contributed by atoms with van der Waals surface area (Å²) >= 11 is 0. The maximum absolute atomic E-state index is 11.6. The van der Waals surface area contributed by atoms with Gasteiger partial charge >= 0.3 is 5.97 Å². The molecule has 0 bridgehead atoms. The second-order valence-electron chi connectivity index (χ2n) is 6.78. The minimum Gasteiger partial charge on any atom is -0.469 e. The van der Waals surface area contributed by atoms with Crippen LogP contribution in [-0.2, 0) is 9.53 Å². The third-order valence-electron chi connectivity index (χ3n) is 5.64. The van der Waals surface area contributed by atoms with Crippen LogP contribution in [0.4, 0.5) is 0 Å². The Morgan fingerprint density at radius 2 is 1.60 bits per heavy atom. The molecule has 2 heteroatoms. The molecule has 0 atom stereocenters. The Hall–Kier alpha value is -0.790. The van der Waals surface area contributed by atoms with E-state index in [1.54, 1.807) is 0 Å². The first kappa shape index (κ1) is 15.6. The van der Waals surface area contributed by atoms with Crippen molar-refractivity contribution in [2.45, 2.75) is 64.2 Å². The van der Waals surface area contributed by atoms with Gasteiger partial charge < -0.3 is 4.74 Å². The van der Waals surface area contributed by atoms with Gasteiger partial charge in [0, 0.05) is 0 Å². The van der Waals surface area contributed by atoms with Crippen molar-refractivity contribution in [1.82, 2.24) is 0 Å². The van der Waals surface area contributed by atoms with Gasteiger partial charge in [0.2, 0.25) is 0 Å². The van der Waals surface area contributed by atoms with E-state index < -0.39 is 0 Å². The van der Waals surface area contributed by atoms with Gasteiger partial charge in [-0.2, -0.15) is 0 Å². The minimum atomic E-state index is 0.0107. The van der Waals surface area contributed by atoms with E-state index in [4.69, 9.17) is 4.74 Å². The van der Waals surface area contributed by atoms with Crippen molar-refractivity contribution in [2.24, 2.45) is 23.7 Å². The lowest BCUT2D eigenvalue weighted by Gasteiger charge is -2.37. The third-order valence-corrected chi connectivity index (χ3v) is 5.64. The fourth-order valence-electron chi connectivity index (χ4n) is 4.29. The summed E-state index contributed by atoms with van der Waals surface area (Å²) in [6, 6.07) is 0. The predicted octanol–water partition coefficient (Wildman–Crippen LogP) is 4.74. The third kappa shape index (κ3) is 4.10. The molecule has 20 heavy (non-hydrogen) atoms. The lowest BCUT2D eigenvalue weighted by molar-refractivity contribution is -0.147. The molecule has 0 spiro atoms. The Bertz CT molecular complexity index is 307. The first-order valence-corrected chi connectivity index (χ1v) is 8.43. The maximum Gasteiger partial charge on any atom is 0.308 e. The molecule has 0 saturated heterocycles. The molecule has 0 unspecified atom stereocenters. The fraction of sp³-hybridized carbons (Fsp3) is 0.833. The summed E-state index contributed by atoms with van der Waals surface area (Å²) in [5, 5.41) is 0. The summed E-state index contributed by atoms with van der Waals surface area (Å²) in [4.78, 5) is 11.6. The number of hydrogen-bond acceptors (Lipinski definition) is 2. The average molecular weight is 278 g/mol. The van der Waals surface area contributed by atoms with Gasteiger partial charge in [-0.3, -0.25) is 4.79 Å². The van der Waals surface area contributed by atoms with E-state index in [0.717, 1.165) is 30.6 Å². The highest BCUT2D eigenvalue weighted by Crippen LogP contribution is 2.42. The number of rotatable bonds is 5. The predicted molar refractivity (Wildman–Crippen MR) is 82.3 cm³/mol. The molecule has 0 aliphatic heterocycles. The molecule has 0 aromatic heterocycles. The average Bonchev–Trinajstić information content (AvgIpc) is 2.53. The topological polar surface area (TPSA) is 26.3 Å². The zero-order valence-corrected chi connectivity index (χ0v) is 13.0. The molecular weight excluding hydrogens is 248 g/mol. The molecular formula is C18H30O2. The molecule has 2 aliphatic carbocycles. The molecule has 2 fully saturated rings. The molecule has 0 heterocycles. The van der Waals surface area contributed by atoms with Crippen LogP contribution >= 0.6 is 0 Å². The van der Waals surface area contributed by atoms with E-state index in [0.29, 0.717) is 0 Å². The van der Waals surface area contributed by atoms with E-state index in [-0.39, 0.29) is 11.9 Å². The largest absolute Gasteiger partial charge is 0.469 e. The van der Waals surface area contributed by atoms with Crippen molar-refractivity contribution >= 4 is 5.97 Å². The van der Waals surface area contributed by atoms with Crippen molar-refractivity contribution in [3.63, 3.8) is 0 Å². The molecule has 0 aromatic carbocycles. The molecule has 2 saturated carbocycles. The Morgan fingerprint density at radius 1 is 1.05 bits per heavy atom. The van der Waals surface area contributed by atoms with Gasteiger partial charge in [-0.1, -0.05) is 18.9 Å². The van der Waals surface area contributed by atoms with Crippen LogP contribution < -0.4 is 0 Å². The zero-order valence-electron chi connectivity index (χ0n) is 13.0. The van der Waals surface area contributed by atoms with Gasteiger partial charge in [0.15, 0.2) is 0 Å². The summed E-state index contributed by atoms with van der Waals surface area (Å²) in [5.74, 6) is 2.93. The van der Waals surface area contributed by atoms with Gasteiger partial charge in [0.1, 0.15) is 0 Å². The zero-order chi connectivity index (χ0) is 14.4. The number of methoxy groups -OCH3 is 1. The van der Waals surface area contributed by atoms with Crippen LogP contribution in [0.1, 0.15) is 64.2 Å². The maximum atomic E-state index is 11.6. The number of carbonyl (C=O) groups is 1. The molecule has 114 valence electrons. The van der Waals surface area contributed by atoms with Gasteiger partial charge in [-0.15, -0.1) is 6.58 Å². The standard InChI is InChI=1S/C18H30O2/c1-3-4-5-14-6-8-15(9-7-14)16-10-12-17(13-11-16)18(19)20-2/h3,14-17H,1,4-13H2,2H3/t14-,15-,16-,17-. The van der Waals surface area contributed by atoms with E-state index in [9.17, 15) is 4.79 Å². The molecule has 2 rings (SSSR count). The van der Waals surface area contributed by atoms with Crippen molar-refractivity contribution in [2.75, 3.05) is 7.11 Å². The normalized spacial score (nSPS) is 34.5. The first-order valence-electron chi connectivity index (χ1n) is 8.43. The van der Waals surface area contributed by atoms with Crippen molar-refractivity contribution in [1.29, 1.82) is 0 Å². The highest BCUT2D eigenvalue weighted by Gasteiger charge is 2.32. The lowest BCUT2D eigenvalue weighted by Crippen LogP contribution is -2.28. The van der Waals surface area contributed by atoms with E-state index in [1.165, 1.54) is 58.5 Å². The monoisotopic (exact) mass is 278 g/mol. The number of ether oxygens (including phenoxy) is 1. The molecule has 2 nitrogen and oxygen atoms in total. The minimum absolute atomic E-state index is 0.0107.